The zero-order valence-corrected chi connectivity index (χ0v) is 18.1. The maximum Gasteiger partial charge on any atom is 0.261 e. The summed E-state index contributed by atoms with van der Waals surface area (Å²) in [7, 11) is 0. The number of amides is 2. The molecule has 6 heteroatoms. The second-order valence-corrected chi connectivity index (χ2v) is 7.75. The summed E-state index contributed by atoms with van der Waals surface area (Å²) in [6.07, 6.45) is 0.523. The van der Waals surface area contributed by atoms with Crippen molar-refractivity contribution in [3.8, 4) is 5.75 Å². The van der Waals surface area contributed by atoms with Crippen molar-refractivity contribution in [3.05, 3.63) is 64.6 Å². The number of nitrogens with zero attached hydrogens (tertiary/aromatic N) is 1. The van der Waals surface area contributed by atoms with Gasteiger partial charge in [-0.05, 0) is 50.1 Å². The lowest BCUT2D eigenvalue weighted by molar-refractivity contribution is -0.143. The van der Waals surface area contributed by atoms with Gasteiger partial charge in [-0.15, -0.1) is 0 Å². The number of hydrogen-bond donors (Lipinski definition) is 1. The number of halogens is 1. The fraction of sp³-hybridized carbons (Fsp3) is 0.364. The van der Waals surface area contributed by atoms with Crippen LogP contribution in [0.2, 0.25) is 0 Å². The summed E-state index contributed by atoms with van der Waals surface area (Å²) in [5.41, 5.74) is 0.968. The molecule has 2 aromatic carbocycles. The molecule has 0 saturated carbocycles. The molecule has 2 aromatic rings. The highest BCUT2D eigenvalue weighted by molar-refractivity contribution is 9.10. The zero-order chi connectivity index (χ0) is 20.5. The molecule has 0 radical (unpaired) electrons. The van der Waals surface area contributed by atoms with Crippen LogP contribution in [0.1, 0.15) is 32.8 Å². The number of nitrogens with one attached hydrogen (secondary N) is 1. The van der Waals surface area contributed by atoms with Crippen molar-refractivity contribution >= 4 is 27.7 Å². The van der Waals surface area contributed by atoms with Gasteiger partial charge in [0.05, 0.1) is 0 Å². The molecule has 0 unspecified atom stereocenters. The predicted octanol–water partition coefficient (Wildman–Crippen LogP) is 4.16. The Bertz CT molecular complexity index is 763. The first-order chi connectivity index (χ1) is 13.4. The summed E-state index contributed by atoms with van der Waals surface area (Å²) in [5.74, 6) is 0.235. The Labute approximate surface area is 175 Å². The molecule has 2 amide bonds. The zero-order valence-electron chi connectivity index (χ0n) is 16.5. The summed E-state index contributed by atoms with van der Waals surface area (Å²) >= 11 is 3.37. The van der Waals surface area contributed by atoms with Crippen LogP contribution in [0.5, 0.6) is 5.75 Å². The van der Waals surface area contributed by atoms with Crippen molar-refractivity contribution in [3.63, 3.8) is 0 Å². The molecule has 0 bridgehead atoms. The second-order valence-electron chi connectivity index (χ2n) is 6.84. The molecule has 0 aromatic heterocycles. The van der Waals surface area contributed by atoms with Crippen LogP contribution in [0, 0.1) is 0 Å². The number of benzene rings is 2. The fourth-order valence-corrected chi connectivity index (χ4v) is 3.10. The topological polar surface area (TPSA) is 58.6 Å². The van der Waals surface area contributed by atoms with Crippen LogP contribution in [-0.2, 0) is 16.1 Å². The van der Waals surface area contributed by atoms with E-state index in [0.717, 1.165) is 10.0 Å². The fourth-order valence-electron chi connectivity index (χ4n) is 2.84. The van der Waals surface area contributed by atoms with Crippen LogP contribution >= 0.6 is 15.9 Å². The smallest absolute Gasteiger partial charge is 0.261 e. The minimum absolute atomic E-state index is 0.00856. The van der Waals surface area contributed by atoms with Crippen LogP contribution in [0.15, 0.2) is 59.1 Å². The maximum atomic E-state index is 13.0. The van der Waals surface area contributed by atoms with Gasteiger partial charge in [0.15, 0.2) is 6.61 Å². The summed E-state index contributed by atoms with van der Waals surface area (Å²) in [5, 5.41) is 2.92. The number of hydrogen-bond acceptors (Lipinski definition) is 3. The highest BCUT2D eigenvalue weighted by atomic mass is 79.9. The quantitative estimate of drug-likeness (QED) is 0.628. The van der Waals surface area contributed by atoms with Gasteiger partial charge in [-0.1, -0.05) is 53.2 Å². The van der Waals surface area contributed by atoms with Crippen molar-refractivity contribution in [2.75, 3.05) is 6.61 Å². The molecular formula is C22H27BrN2O3. The van der Waals surface area contributed by atoms with E-state index in [0.29, 0.717) is 18.7 Å². The molecule has 0 fully saturated rings. The van der Waals surface area contributed by atoms with E-state index in [-0.39, 0.29) is 24.5 Å². The van der Waals surface area contributed by atoms with E-state index in [1.165, 1.54) is 0 Å². The second kappa shape index (κ2) is 10.9. The first-order valence-corrected chi connectivity index (χ1v) is 10.2. The molecule has 150 valence electrons. The monoisotopic (exact) mass is 446 g/mol. The van der Waals surface area contributed by atoms with Gasteiger partial charge in [-0.3, -0.25) is 9.59 Å². The van der Waals surface area contributed by atoms with Crippen molar-refractivity contribution in [1.29, 1.82) is 0 Å². The van der Waals surface area contributed by atoms with Crippen LogP contribution in [0.3, 0.4) is 0 Å². The molecule has 1 N–H and O–H groups in total. The van der Waals surface area contributed by atoms with Crippen LogP contribution in [0.4, 0.5) is 0 Å². The molecular weight excluding hydrogens is 420 g/mol. The first-order valence-electron chi connectivity index (χ1n) is 9.42. The molecule has 5 nitrogen and oxygen atoms in total. The molecule has 0 saturated heterocycles. The number of carbonyl (C=O) groups is 2. The average molecular weight is 447 g/mol. The van der Waals surface area contributed by atoms with Crippen LogP contribution in [-0.4, -0.2) is 35.4 Å². The Balaban J connectivity index is 2.16. The van der Waals surface area contributed by atoms with Gasteiger partial charge in [0.2, 0.25) is 5.91 Å². The molecule has 0 spiro atoms. The van der Waals surface area contributed by atoms with E-state index in [9.17, 15) is 9.59 Å². The van der Waals surface area contributed by atoms with Gasteiger partial charge in [0.1, 0.15) is 11.8 Å². The molecule has 0 heterocycles. The van der Waals surface area contributed by atoms with E-state index in [1.807, 2.05) is 63.2 Å². The first kappa shape index (κ1) is 22.0. The van der Waals surface area contributed by atoms with E-state index < -0.39 is 6.04 Å². The van der Waals surface area contributed by atoms with E-state index in [1.54, 1.807) is 17.0 Å². The Hall–Kier alpha value is -2.34. The number of rotatable bonds is 9. The van der Waals surface area contributed by atoms with E-state index in [2.05, 4.69) is 21.2 Å². The lowest BCUT2D eigenvalue weighted by Gasteiger charge is -2.31. The van der Waals surface area contributed by atoms with Crippen LogP contribution < -0.4 is 10.1 Å². The standard InChI is InChI=1S/C22H27BrN2O3/c1-4-20(22(27)24-16(2)3)25(14-17-8-6-5-7-9-17)21(26)15-28-19-12-10-18(23)11-13-19/h5-13,16,20H,4,14-15H2,1-3H3,(H,24,27)/t20-/m1/s1. The highest BCUT2D eigenvalue weighted by Crippen LogP contribution is 2.17. The lowest BCUT2D eigenvalue weighted by Crippen LogP contribution is -2.51. The van der Waals surface area contributed by atoms with E-state index >= 15 is 0 Å². The Morgan fingerprint density at radius 1 is 1.07 bits per heavy atom. The van der Waals surface area contributed by atoms with Gasteiger partial charge in [-0.25, -0.2) is 0 Å². The minimum atomic E-state index is -0.552. The average Bonchev–Trinajstić information content (AvgIpc) is 2.67. The molecule has 0 aliphatic rings. The third kappa shape index (κ3) is 6.68. The molecule has 2 rings (SSSR count). The Morgan fingerprint density at radius 3 is 2.29 bits per heavy atom. The van der Waals surface area contributed by atoms with Crippen LogP contribution in [0.25, 0.3) is 0 Å². The van der Waals surface area contributed by atoms with E-state index in [4.69, 9.17) is 4.74 Å². The lowest BCUT2D eigenvalue weighted by atomic mass is 10.1. The summed E-state index contributed by atoms with van der Waals surface area (Å²) in [6, 6.07) is 16.4. The van der Waals surface area contributed by atoms with Gasteiger partial charge < -0.3 is 15.0 Å². The summed E-state index contributed by atoms with van der Waals surface area (Å²) < 4.78 is 6.59. The molecule has 28 heavy (non-hydrogen) atoms. The molecule has 0 aliphatic heterocycles. The largest absolute Gasteiger partial charge is 0.484 e. The van der Waals surface area contributed by atoms with Crippen molar-refractivity contribution in [2.45, 2.75) is 45.8 Å². The van der Waals surface area contributed by atoms with Gasteiger partial charge in [0, 0.05) is 17.1 Å². The third-order valence-corrected chi connectivity index (χ3v) is 4.72. The Kier molecular flexibility index (Phi) is 8.51. The van der Waals surface area contributed by atoms with Crippen molar-refractivity contribution < 1.29 is 14.3 Å². The third-order valence-electron chi connectivity index (χ3n) is 4.19. The van der Waals surface area contributed by atoms with Crippen molar-refractivity contribution in [1.82, 2.24) is 10.2 Å². The van der Waals surface area contributed by atoms with Crippen molar-refractivity contribution in [2.24, 2.45) is 0 Å². The normalized spacial score (nSPS) is 11.8. The number of ether oxygens (including phenoxy) is 1. The molecule has 0 aliphatic carbocycles. The van der Waals surface area contributed by atoms with Gasteiger partial charge >= 0.3 is 0 Å². The maximum absolute atomic E-state index is 13.0. The predicted molar refractivity (Wildman–Crippen MR) is 114 cm³/mol. The summed E-state index contributed by atoms with van der Waals surface area (Å²) in [6.45, 7) is 5.95. The SMILES string of the molecule is CC[C@H](C(=O)NC(C)C)N(Cc1ccccc1)C(=O)COc1ccc(Br)cc1. The summed E-state index contributed by atoms with van der Waals surface area (Å²) in [4.78, 5) is 27.3. The molecule has 1 atom stereocenters. The Morgan fingerprint density at radius 2 is 1.71 bits per heavy atom. The van der Waals surface area contributed by atoms with Gasteiger partial charge in [-0.2, -0.15) is 0 Å². The highest BCUT2D eigenvalue weighted by Gasteiger charge is 2.29. The minimum Gasteiger partial charge on any atom is -0.484 e. The number of carbonyl (C=O) groups excluding carboxylic acids is 2. The van der Waals surface area contributed by atoms with Gasteiger partial charge in [0.25, 0.3) is 5.91 Å².